The Kier molecular flexibility index (Phi) is 5.21. The number of rotatable bonds is 4. The van der Waals surface area contributed by atoms with E-state index in [1.54, 1.807) is 0 Å². The SMILES string of the molecule is O=C1NCCCC[C@@H]1Nc1ccc(N2C(=O)[C@H]3CCCC[C@@H]3C2=O)cc1[N+](=O)[O-]. The molecule has 0 unspecified atom stereocenters. The molecule has 0 radical (unpaired) electrons. The average molecular weight is 400 g/mol. The topological polar surface area (TPSA) is 122 Å². The van der Waals surface area contributed by atoms with Gasteiger partial charge in [0.05, 0.1) is 22.4 Å². The fraction of sp³-hybridized carbons (Fsp3) is 0.550. The Balaban J connectivity index is 1.62. The van der Waals surface area contributed by atoms with E-state index in [0.717, 1.165) is 30.6 Å². The molecule has 3 amide bonds. The molecule has 2 aliphatic heterocycles. The van der Waals surface area contributed by atoms with Crippen LogP contribution in [-0.2, 0) is 14.4 Å². The Morgan fingerprint density at radius 1 is 1.00 bits per heavy atom. The number of amides is 3. The molecule has 9 heteroatoms. The second-order valence-electron chi connectivity index (χ2n) is 7.95. The van der Waals surface area contributed by atoms with Crippen molar-refractivity contribution in [3.8, 4) is 0 Å². The van der Waals surface area contributed by atoms with Crippen LogP contribution in [0.2, 0.25) is 0 Å². The van der Waals surface area contributed by atoms with Crippen molar-refractivity contribution in [3.05, 3.63) is 28.3 Å². The van der Waals surface area contributed by atoms with E-state index in [4.69, 9.17) is 0 Å². The number of carbonyl (C=O) groups excluding carboxylic acids is 3. The van der Waals surface area contributed by atoms with E-state index in [1.165, 1.54) is 18.2 Å². The Bertz CT molecular complexity index is 846. The summed E-state index contributed by atoms with van der Waals surface area (Å²) >= 11 is 0. The van der Waals surface area contributed by atoms with Gasteiger partial charge in [0.25, 0.3) is 5.69 Å². The molecule has 9 nitrogen and oxygen atoms in total. The van der Waals surface area contributed by atoms with Gasteiger partial charge in [-0.2, -0.15) is 0 Å². The zero-order valence-electron chi connectivity index (χ0n) is 16.1. The zero-order valence-corrected chi connectivity index (χ0v) is 16.1. The summed E-state index contributed by atoms with van der Waals surface area (Å²) in [5.74, 6) is -1.35. The number of nitrogens with one attached hydrogen (secondary N) is 2. The zero-order chi connectivity index (χ0) is 20.5. The van der Waals surface area contributed by atoms with Gasteiger partial charge in [-0.15, -0.1) is 0 Å². The molecule has 0 bridgehead atoms. The first kappa shape index (κ1) is 19.4. The first-order valence-electron chi connectivity index (χ1n) is 10.2. The smallest absolute Gasteiger partial charge is 0.294 e. The van der Waals surface area contributed by atoms with Crippen LogP contribution in [-0.4, -0.2) is 35.2 Å². The van der Waals surface area contributed by atoms with Gasteiger partial charge in [-0.1, -0.05) is 12.8 Å². The van der Waals surface area contributed by atoms with Crippen LogP contribution in [0.15, 0.2) is 18.2 Å². The van der Waals surface area contributed by atoms with Crippen LogP contribution in [0.5, 0.6) is 0 Å². The second-order valence-corrected chi connectivity index (χ2v) is 7.95. The lowest BCUT2D eigenvalue weighted by molar-refractivity contribution is -0.383. The molecule has 154 valence electrons. The third kappa shape index (κ3) is 3.56. The van der Waals surface area contributed by atoms with Crippen LogP contribution in [0.3, 0.4) is 0 Å². The maximum atomic E-state index is 12.8. The number of imide groups is 1. The van der Waals surface area contributed by atoms with E-state index >= 15 is 0 Å². The van der Waals surface area contributed by atoms with Gasteiger partial charge >= 0.3 is 0 Å². The Labute approximate surface area is 168 Å². The Morgan fingerprint density at radius 2 is 1.66 bits per heavy atom. The molecule has 29 heavy (non-hydrogen) atoms. The molecule has 3 fully saturated rings. The molecule has 4 rings (SSSR count). The maximum Gasteiger partial charge on any atom is 0.294 e. The third-order valence-electron chi connectivity index (χ3n) is 6.14. The normalized spacial score (nSPS) is 27.2. The molecule has 1 aliphatic carbocycles. The molecule has 3 atom stereocenters. The summed E-state index contributed by atoms with van der Waals surface area (Å²) in [6.07, 6.45) is 5.49. The van der Waals surface area contributed by atoms with E-state index in [9.17, 15) is 24.5 Å². The number of anilines is 2. The van der Waals surface area contributed by atoms with E-state index in [0.29, 0.717) is 25.8 Å². The summed E-state index contributed by atoms with van der Waals surface area (Å²) in [5, 5.41) is 17.4. The van der Waals surface area contributed by atoms with Crippen molar-refractivity contribution in [1.29, 1.82) is 0 Å². The molecular weight excluding hydrogens is 376 g/mol. The van der Waals surface area contributed by atoms with Crippen LogP contribution < -0.4 is 15.5 Å². The molecule has 1 aromatic rings. The standard InChI is InChI=1S/C20H24N4O5/c25-18-16(7-3-4-10-21-18)22-15-9-8-12(11-17(15)24(28)29)23-19(26)13-5-1-2-6-14(13)20(23)27/h8-9,11,13-14,16,22H,1-7,10H2,(H,21,25)/t13-,14-,16-/m0/s1. The molecule has 2 saturated heterocycles. The van der Waals surface area contributed by atoms with Gasteiger partial charge in [-0.25, -0.2) is 4.90 Å². The van der Waals surface area contributed by atoms with Crippen molar-refractivity contribution in [3.63, 3.8) is 0 Å². The van der Waals surface area contributed by atoms with Crippen molar-refractivity contribution in [2.24, 2.45) is 11.8 Å². The maximum absolute atomic E-state index is 12.8. The van der Waals surface area contributed by atoms with Gasteiger partial charge in [0.1, 0.15) is 11.7 Å². The first-order chi connectivity index (χ1) is 14.0. The van der Waals surface area contributed by atoms with Crippen LogP contribution in [0.4, 0.5) is 17.1 Å². The summed E-state index contributed by atoms with van der Waals surface area (Å²) in [6, 6.07) is 3.72. The van der Waals surface area contributed by atoms with Crippen molar-refractivity contribution in [2.45, 2.75) is 51.0 Å². The van der Waals surface area contributed by atoms with Gasteiger partial charge in [-0.05, 0) is 44.2 Å². The predicted molar refractivity (Wildman–Crippen MR) is 105 cm³/mol. The Hall–Kier alpha value is -2.97. The van der Waals surface area contributed by atoms with E-state index in [1.807, 2.05) is 0 Å². The second kappa shape index (κ2) is 7.81. The van der Waals surface area contributed by atoms with Gasteiger partial charge < -0.3 is 10.6 Å². The van der Waals surface area contributed by atoms with Crippen LogP contribution in [0.1, 0.15) is 44.9 Å². The highest BCUT2D eigenvalue weighted by atomic mass is 16.6. The summed E-state index contributed by atoms with van der Waals surface area (Å²) < 4.78 is 0. The van der Waals surface area contributed by atoms with Crippen molar-refractivity contribution in [2.75, 3.05) is 16.8 Å². The fourth-order valence-corrected chi connectivity index (χ4v) is 4.61. The molecule has 1 aromatic carbocycles. The predicted octanol–water partition coefficient (Wildman–Crippen LogP) is 2.35. The highest BCUT2D eigenvalue weighted by molar-refractivity contribution is 6.22. The molecule has 0 aromatic heterocycles. The molecular formula is C20H24N4O5. The Morgan fingerprint density at radius 3 is 2.31 bits per heavy atom. The van der Waals surface area contributed by atoms with Crippen LogP contribution >= 0.6 is 0 Å². The molecule has 1 saturated carbocycles. The van der Waals surface area contributed by atoms with Gasteiger partial charge in [-0.3, -0.25) is 24.5 Å². The minimum Gasteiger partial charge on any atom is -0.368 e. The van der Waals surface area contributed by atoms with Gasteiger partial charge in [0.2, 0.25) is 17.7 Å². The van der Waals surface area contributed by atoms with Gasteiger partial charge in [0, 0.05) is 12.6 Å². The van der Waals surface area contributed by atoms with Crippen molar-refractivity contribution < 1.29 is 19.3 Å². The lowest BCUT2D eigenvalue weighted by Crippen LogP contribution is -2.38. The van der Waals surface area contributed by atoms with Crippen LogP contribution in [0.25, 0.3) is 0 Å². The lowest BCUT2D eigenvalue weighted by atomic mass is 9.81. The molecule has 3 aliphatic rings. The minimum atomic E-state index is -0.557. The minimum absolute atomic E-state index is 0.185. The number of nitrogens with zero attached hydrogens (tertiary/aromatic N) is 2. The average Bonchev–Trinajstić information content (AvgIpc) is 2.83. The molecule has 2 heterocycles. The number of hydrogen-bond acceptors (Lipinski definition) is 6. The number of fused-ring (bicyclic) bond motifs is 1. The highest BCUT2D eigenvalue weighted by Crippen LogP contribution is 2.41. The summed E-state index contributed by atoms with van der Waals surface area (Å²) in [6.45, 7) is 0.597. The monoisotopic (exact) mass is 400 g/mol. The highest BCUT2D eigenvalue weighted by Gasteiger charge is 2.49. The number of hydrogen-bond donors (Lipinski definition) is 2. The van der Waals surface area contributed by atoms with E-state index < -0.39 is 11.0 Å². The number of carbonyl (C=O) groups is 3. The lowest BCUT2D eigenvalue weighted by Gasteiger charge is -2.19. The summed E-state index contributed by atoms with van der Waals surface area (Å²) in [7, 11) is 0. The quantitative estimate of drug-likeness (QED) is 0.455. The largest absolute Gasteiger partial charge is 0.368 e. The summed E-state index contributed by atoms with van der Waals surface area (Å²) in [4.78, 5) is 49.9. The number of nitro groups is 1. The van der Waals surface area contributed by atoms with E-state index in [-0.39, 0.29) is 46.6 Å². The van der Waals surface area contributed by atoms with Gasteiger partial charge in [0.15, 0.2) is 0 Å². The van der Waals surface area contributed by atoms with E-state index in [2.05, 4.69) is 10.6 Å². The number of nitro benzene ring substituents is 1. The first-order valence-corrected chi connectivity index (χ1v) is 10.2. The molecule has 2 N–H and O–H groups in total. The van der Waals surface area contributed by atoms with Crippen molar-refractivity contribution >= 4 is 34.8 Å². The third-order valence-corrected chi connectivity index (χ3v) is 6.14. The van der Waals surface area contributed by atoms with Crippen LogP contribution in [0, 0.1) is 22.0 Å². The molecule has 0 spiro atoms. The number of benzene rings is 1. The fourth-order valence-electron chi connectivity index (χ4n) is 4.61. The van der Waals surface area contributed by atoms with Crippen molar-refractivity contribution in [1.82, 2.24) is 5.32 Å². The summed E-state index contributed by atoms with van der Waals surface area (Å²) in [5.41, 5.74) is 0.171.